The van der Waals surface area contributed by atoms with E-state index < -0.39 is 35.0 Å². The molecule has 4 rings (SSSR count). The van der Waals surface area contributed by atoms with Crippen molar-refractivity contribution in [2.45, 2.75) is 32.1 Å². The van der Waals surface area contributed by atoms with Gasteiger partial charge in [0.25, 0.3) is 5.91 Å². The number of aryl methyl sites for hydroxylation is 1. The largest absolute Gasteiger partial charge is 0.349 e. The Bertz CT molecular complexity index is 888. The van der Waals surface area contributed by atoms with Gasteiger partial charge in [0.05, 0.1) is 0 Å². The number of hydroxylamine groups is 1. The Morgan fingerprint density at radius 3 is 2.22 bits per heavy atom. The van der Waals surface area contributed by atoms with Crippen LogP contribution in [0.3, 0.4) is 0 Å². The van der Waals surface area contributed by atoms with E-state index in [0.717, 1.165) is 16.7 Å². The first-order chi connectivity index (χ1) is 13.0. The van der Waals surface area contributed by atoms with Gasteiger partial charge in [-0.2, -0.15) is 5.48 Å². The van der Waals surface area contributed by atoms with Crippen molar-refractivity contribution >= 4 is 17.7 Å². The topological polar surface area (TPSA) is 72.5 Å². The van der Waals surface area contributed by atoms with Gasteiger partial charge in [-0.25, -0.2) is 4.79 Å². The number of hydrogen-bond donors (Lipinski definition) is 1. The summed E-state index contributed by atoms with van der Waals surface area (Å²) in [6.07, 6.45) is 0.135. The summed E-state index contributed by atoms with van der Waals surface area (Å²) < 4.78 is 0. The van der Waals surface area contributed by atoms with Crippen molar-refractivity contribution in [2.75, 3.05) is 0 Å². The first-order valence-electron chi connectivity index (χ1n) is 9.12. The van der Waals surface area contributed by atoms with Crippen LogP contribution in [0.5, 0.6) is 0 Å². The Hall–Kier alpha value is -2.95. The summed E-state index contributed by atoms with van der Waals surface area (Å²) >= 11 is 0. The van der Waals surface area contributed by atoms with Gasteiger partial charge in [-0.05, 0) is 18.1 Å². The van der Waals surface area contributed by atoms with E-state index in [1.165, 1.54) is 0 Å². The minimum absolute atomic E-state index is 0.0487. The molecule has 27 heavy (non-hydrogen) atoms. The third-order valence-corrected chi connectivity index (χ3v) is 6.04. The van der Waals surface area contributed by atoms with E-state index in [0.29, 0.717) is 0 Å². The fourth-order valence-corrected chi connectivity index (χ4v) is 4.66. The first kappa shape index (κ1) is 17.5. The van der Waals surface area contributed by atoms with Crippen LogP contribution in [0.2, 0.25) is 0 Å². The minimum Gasteiger partial charge on any atom is -0.339 e. The van der Waals surface area contributed by atoms with E-state index in [4.69, 9.17) is 4.84 Å². The van der Waals surface area contributed by atoms with Gasteiger partial charge in [0.15, 0.2) is 5.41 Å². The number of amides is 1. The molecule has 1 heterocycles. The molecule has 5 heteroatoms. The molecule has 1 aliphatic heterocycles. The van der Waals surface area contributed by atoms with Crippen LogP contribution in [0.4, 0.5) is 0 Å². The number of ketones is 1. The molecule has 1 N–H and O–H groups in total. The molecule has 138 valence electrons. The molecular formula is C22H21NO4. The molecule has 1 aliphatic carbocycles. The highest BCUT2D eigenvalue weighted by Gasteiger charge is 2.67. The third kappa shape index (κ3) is 2.49. The maximum Gasteiger partial charge on any atom is 0.349 e. The number of benzene rings is 2. The SMILES string of the molecule is Cc1ccc(C2CC(=O)[C@H](C)[C@@H](c3ccccc3)C23C(=O)NOC3=O)cc1. The van der Waals surface area contributed by atoms with Gasteiger partial charge >= 0.3 is 5.97 Å². The number of carbonyl (C=O) groups excluding carboxylic acids is 3. The molecule has 0 radical (unpaired) electrons. The molecule has 1 spiro atoms. The predicted octanol–water partition coefficient (Wildman–Crippen LogP) is 3.05. The van der Waals surface area contributed by atoms with Crippen molar-refractivity contribution in [2.24, 2.45) is 11.3 Å². The smallest absolute Gasteiger partial charge is 0.339 e. The normalized spacial score (nSPS) is 30.3. The van der Waals surface area contributed by atoms with E-state index in [-0.39, 0.29) is 12.2 Å². The third-order valence-electron chi connectivity index (χ3n) is 6.04. The number of hydrogen-bond acceptors (Lipinski definition) is 4. The van der Waals surface area contributed by atoms with E-state index in [2.05, 4.69) is 5.48 Å². The van der Waals surface area contributed by atoms with Crippen molar-refractivity contribution in [1.82, 2.24) is 5.48 Å². The van der Waals surface area contributed by atoms with Crippen molar-refractivity contribution in [3.8, 4) is 0 Å². The Labute approximate surface area is 157 Å². The summed E-state index contributed by atoms with van der Waals surface area (Å²) in [6.45, 7) is 3.77. The van der Waals surface area contributed by atoms with Gasteiger partial charge in [0.1, 0.15) is 5.78 Å². The molecule has 2 unspecified atom stereocenters. The number of Topliss-reactive ketones (excluding diaryl/α,β-unsaturated/α-hetero) is 1. The Morgan fingerprint density at radius 1 is 0.963 bits per heavy atom. The molecule has 2 aromatic rings. The average molecular weight is 363 g/mol. The quantitative estimate of drug-likeness (QED) is 0.833. The van der Waals surface area contributed by atoms with Crippen molar-refractivity contribution < 1.29 is 19.2 Å². The van der Waals surface area contributed by atoms with E-state index in [1.807, 2.05) is 61.5 Å². The zero-order valence-corrected chi connectivity index (χ0v) is 15.3. The molecule has 5 nitrogen and oxygen atoms in total. The zero-order chi connectivity index (χ0) is 19.2. The number of carbonyl (C=O) groups is 3. The van der Waals surface area contributed by atoms with Crippen LogP contribution in [-0.4, -0.2) is 17.7 Å². The molecule has 2 aliphatic rings. The second kappa shape index (κ2) is 6.34. The molecular weight excluding hydrogens is 342 g/mol. The second-order valence-electron chi connectivity index (χ2n) is 7.50. The lowest BCUT2D eigenvalue weighted by Gasteiger charge is -2.45. The van der Waals surface area contributed by atoms with Crippen LogP contribution in [0.1, 0.15) is 41.9 Å². The standard InChI is InChI=1S/C22H21NO4/c1-13-8-10-15(11-9-13)17-12-18(24)14(2)19(16-6-4-3-5-7-16)22(17)20(25)23-27-21(22)26/h3-11,14,17,19H,12H2,1-2H3,(H,23,25)/t14-,17?,19-,22?/m0/s1. The molecule has 1 saturated carbocycles. The van der Waals surface area contributed by atoms with Gasteiger partial charge < -0.3 is 4.84 Å². The summed E-state index contributed by atoms with van der Waals surface area (Å²) in [5.74, 6) is -2.64. The minimum atomic E-state index is -1.45. The van der Waals surface area contributed by atoms with E-state index in [1.54, 1.807) is 6.92 Å². The number of nitrogens with one attached hydrogen (secondary N) is 1. The Kier molecular flexibility index (Phi) is 4.10. The van der Waals surface area contributed by atoms with Crippen LogP contribution >= 0.6 is 0 Å². The van der Waals surface area contributed by atoms with Gasteiger partial charge in [-0.15, -0.1) is 0 Å². The Morgan fingerprint density at radius 2 is 1.63 bits per heavy atom. The fourth-order valence-electron chi connectivity index (χ4n) is 4.66. The summed E-state index contributed by atoms with van der Waals surface area (Å²) in [7, 11) is 0. The van der Waals surface area contributed by atoms with Gasteiger partial charge in [-0.3, -0.25) is 9.59 Å². The molecule has 1 saturated heterocycles. The molecule has 4 atom stereocenters. The summed E-state index contributed by atoms with van der Waals surface area (Å²) in [6, 6.07) is 17.0. The van der Waals surface area contributed by atoms with Crippen LogP contribution in [0.25, 0.3) is 0 Å². The monoisotopic (exact) mass is 363 g/mol. The lowest BCUT2D eigenvalue weighted by Crippen LogP contribution is -2.53. The molecule has 0 bridgehead atoms. The van der Waals surface area contributed by atoms with Crippen LogP contribution in [0, 0.1) is 18.3 Å². The zero-order valence-electron chi connectivity index (χ0n) is 15.3. The average Bonchev–Trinajstić information content (AvgIpc) is 2.96. The van der Waals surface area contributed by atoms with E-state index >= 15 is 0 Å². The first-order valence-corrected chi connectivity index (χ1v) is 9.12. The van der Waals surface area contributed by atoms with Gasteiger partial charge in [0, 0.05) is 24.2 Å². The molecule has 2 aromatic carbocycles. The molecule has 2 fully saturated rings. The predicted molar refractivity (Wildman–Crippen MR) is 98.6 cm³/mol. The van der Waals surface area contributed by atoms with Gasteiger partial charge in [-0.1, -0.05) is 67.1 Å². The van der Waals surface area contributed by atoms with Crippen LogP contribution in [-0.2, 0) is 19.2 Å². The second-order valence-corrected chi connectivity index (χ2v) is 7.50. The van der Waals surface area contributed by atoms with Gasteiger partial charge in [0.2, 0.25) is 0 Å². The van der Waals surface area contributed by atoms with Crippen LogP contribution in [0.15, 0.2) is 54.6 Å². The van der Waals surface area contributed by atoms with Crippen molar-refractivity contribution in [3.63, 3.8) is 0 Å². The highest BCUT2D eigenvalue weighted by atomic mass is 16.7. The van der Waals surface area contributed by atoms with Crippen LogP contribution < -0.4 is 5.48 Å². The lowest BCUT2D eigenvalue weighted by molar-refractivity contribution is -0.156. The number of rotatable bonds is 2. The van der Waals surface area contributed by atoms with Crippen molar-refractivity contribution in [1.29, 1.82) is 0 Å². The maximum absolute atomic E-state index is 13.1. The summed E-state index contributed by atoms with van der Waals surface area (Å²) in [5, 5.41) is 0. The molecule has 1 amide bonds. The summed E-state index contributed by atoms with van der Waals surface area (Å²) in [4.78, 5) is 44.0. The highest BCUT2D eigenvalue weighted by Crippen LogP contribution is 2.58. The highest BCUT2D eigenvalue weighted by molar-refractivity contribution is 6.10. The molecule has 0 aromatic heterocycles. The maximum atomic E-state index is 13.1. The Balaban J connectivity index is 1.96. The summed E-state index contributed by atoms with van der Waals surface area (Å²) in [5.41, 5.74) is 3.49. The van der Waals surface area contributed by atoms with E-state index in [9.17, 15) is 14.4 Å². The fraction of sp³-hybridized carbons (Fsp3) is 0.318. The lowest BCUT2D eigenvalue weighted by atomic mass is 9.53. The van der Waals surface area contributed by atoms with Crippen molar-refractivity contribution in [3.05, 3.63) is 71.3 Å².